The molecule has 2 aromatic heterocycles. The number of piperazine rings is 1. The number of carbonyl (C=O) groups excluding carboxylic acids is 1. The summed E-state index contributed by atoms with van der Waals surface area (Å²) in [5, 5.41) is 4.67. The lowest BCUT2D eigenvalue weighted by Crippen LogP contribution is -2.48. The van der Waals surface area contributed by atoms with Gasteiger partial charge in [0.05, 0.1) is 23.5 Å². The molecule has 1 amide bonds. The number of aromatic nitrogens is 3. The van der Waals surface area contributed by atoms with Crippen LogP contribution in [-0.4, -0.2) is 56.7 Å². The average Bonchev–Trinajstić information content (AvgIpc) is 3.04. The van der Waals surface area contributed by atoms with Crippen LogP contribution in [0, 0.1) is 13.8 Å². The lowest BCUT2D eigenvalue weighted by atomic mass is 10.1. The number of hydrogen-bond acceptors (Lipinski definition) is 4. The van der Waals surface area contributed by atoms with Gasteiger partial charge in [-0.1, -0.05) is 24.3 Å². The van der Waals surface area contributed by atoms with Crippen LogP contribution in [0.15, 0.2) is 54.7 Å². The fraction of sp³-hybridized carbons (Fsp3) is 0.348. The predicted molar refractivity (Wildman–Crippen MR) is 113 cm³/mol. The lowest BCUT2D eigenvalue weighted by molar-refractivity contribution is -0.132. The molecule has 1 fully saturated rings. The Morgan fingerprint density at radius 3 is 2.38 bits per heavy atom. The Labute approximate surface area is 171 Å². The quantitative estimate of drug-likeness (QED) is 0.673. The third kappa shape index (κ3) is 4.38. The number of carbonyl (C=O) groups is 1. The van der Waals surface area contributed by atoms with Crippen molar-refractivity contribution in [1.29, 1.82) is 0 Å². The van der Waals surface area contributed by atoms with Crippen molar-refractivity contribution in [1.82, 2.24) is 24.6 Å². The third-order valence-electron chi connectivity index (χ3n) is 5.61. The highest BCUT2D eigenvalue weighted by atomic mass is 16.2. The summed E-state index contributed by atoms with van der Waals surface area (Å²) in [6.07, 6.45) is 2.24. The third-order valence-corrected chi connectivity index (χ3v) is 5.61. The molecular formula is C23H27N5O. The van der Waals surface area contributed by atoms with Crippen molar-refractivity contribution in [2.45, 2.75) is 26.8 Å². The summed E-state index contributed by atoms with van der Waals surface area (Å²) in [6.45, 7) is 8.14. The van der Waals surface area contributed by atoms with E-state index in [1.54, 1.807) is 0 Å². The molecule has 0 atom stereocenters. The Morgan fingerprint density at radius 1 is 0.966 bits per heavy atom. The van der Waals surface area contributed by atoms with Gasteiger partial charge in [0.1, 0.15) is 0 Å². The zero-order valence-corrected chi connectivity index (χ0v) is 17.1. The topological polar surface area (TPSA) is 54.3 Å². The molecule has 0 N–H and O–H groups in total. The van der Waals surface area contributed by atoms with Crippen molar-refractivity contribution in [3.63, 3.8) is 0 Å². The molecule has 0 radical (unpaired) electrons. The maximum atomic E-state index is 12.9. The molecule has 6 heteroatoms. The first-order chi connectivity index (χ1) is 14.1. The largest absolute Gasteiger partial charge is 0.340 e. The highest BCUT2D eigenvalue weighted by Crippen LogP contribution is 2.19. The number of hydrogen-bond donors (Lipinski definition) is 0. The minimum absolute atomic E-state index is 0.182. The van der Waals surface area contributed by atoms with E-state index in [1.165, 1.54) is 0 Å². The van der Waals surface area contributed by atoms with E-state index in [0.29, 0.717) is 6.42 Å². The molecule has 0 saturated carbocycles. The molecular weight excluding hydrogens is 362 g/mol. The van der Waals surface area contributed by atoms with E-state index in [1.807, 2.05) is 78.2 Å². The van der Waals surface area contributed by atoms with E-state index < -0.39 is 0 Å². The summed E-state index contributed by atoms with van der Waals surface area (Å²) >= 11 is 0. The highest BCUT2D eigenvalue weighted by Gasteiger charge is 2.24. The first-order valence-corrected chi connectivity index (χ1v) is 10.1. The smallest absolute Gasteiger partial charge is 0.227 e. The Bertz CT molecular complexity index is 960. The number of pyridine rings is 1. The van der Waals surface area contributed by atoms with Gasteiger partial charge in [0.2, 0.25) is 5.91 Å². The van der Waals surface area contributed by atoms with E-state index in [2.05, 4.69) is 15.0 Å². The Kier molecular flexibility index (Phi) is 5.71. The molecule has 4 rings (SSSR count). The number of aryl methyl sites for hydroxylation is 1. The minimum atomic E-state index is 0.182. The standard InChI is InChI=1S/C23H27N5O/c1-18-22(19(2)28(25-18)21-9-4-3-5-10-21)16-23(29)27-14-12-26(13-15-27)17-20-8-6-7-11-24-20/h3-11H,12-17H2,1-2H3. The zero-order chi connectivity index (χ0) is 20.2. The van der Waals surface area contributed by atoms with Crippen LogP contribution in [0.5, 0.6) is 0 Å². The molecule has 3 aromatic rings. The van der Waals surface area contributed by atoms with E-state index in [0.717, 1.165) is 61.1 Å². The molecule has 0 spiro atoms. The van der Waals surface area contributed by atoms with Crippen LogP contribution in [-0.2, 0) is 17.8 Å². The Morgan fingerprint density at radius 2 is 1.69 bits per heavy atom. The van der Waals surface area contributed by atoms with Crippen molar-refractivity contribution in [3.8, 4) is 5.69 Å². The average molecular weight is 390 g/mol. The number of nitrogens with zero attached hydrogens (tertiary/aromatic N) is 5. The summed E-state index contributed by atoms with van der Waals surface area (Å²) in [5.74, 6) is 0.182. The molecule has 150 valence electrons. The van der Waals surface area contributed by atoms with Crippen LogP contribution in [0.4, 0.5) is 0 Å². The van der Waals surface area contributed by atoms with E-state index in [9.17, 15) is 4.79 Å². The van der Waals surface area contributed by atoms with E-state index >= 15 is 0 Å². The molecule has 1 saturated heterocycles. The molecule has 1 aliphatic heterocycles. The van der Waals surface area contributed by atoms with Crippen molar-refractivity contribution < 1.29 is 4.79 Å². The SMILES string of the molecule is Cc1nn(-c2ccccc2)c(C)c1CC(=O)N1CCN(Cc2ccccn2)CC1. The number of amides is 1. The van der Waals surface area contributed by atoms with Gasteiger partial charge in [0.25, 0.3) is 0 Å². The molecule has 3 heterocycles. The van der Waals surface area contributed by atoms with Crippen LogP contribution in [0.2, 0.25) is 0 Å². The summed E-state index contributed by atoms with van der Waals surface area (Å²) in [6, 6.07) is 16.1. The van der Waals surface area contributed by atoms with E-state index in [4.69, 9.17) is 0 Å². The number of benzene rings is 1. The predicted octanol–water partition coefficient (Wildman–Crippen LogP) is 2.77. The molecule has 0 unspecified atom stereocenters. The van der Waals surface area contributed by atoms with Gasteiger partial charge < -0.3 is 4.90 Å². The summed E-state index contributed by atoms with van der Waals surface area (Å²) < 4.78 is 1.93. The number of para-hydroxylation sites is 1. The fourth-order valence-corrected chi connectivity index (χ4v) is 3.89. The van der Waals surface area contributed by atoms with Gasteiger partial charge in [-0.25, -0.2) is 4.68 Å². The highest BCUT2D eigenvalue weighted by molar-refractivity contribution is 5.79. The van der Waals surface area contributed by atoms with Crippen LogP contribution in [0.1, 0.15) is 22.6 Å². The van der Waals surface area contributed by atoms with Crippen LogP contribution >= 0.6 is 0 Å². The second-order valence-electron chi connectivity index (χ2n) is 7.55. The van der Waals surface area contributed by atoms with Crippen molar-refractivity contribution in [2.24, 2.45) is 0 Å². The molecule has 1 aromatic carbocycles. The molecule has 0 bridgehead atoms. The van der Waals surface area contributed by atoms with E-state index in [-0.39, 0.29) is 5.91 Å². The first kappa shape index (κ1) is 19.3. The van der Waals surface area contributed by atoms with Gasteiger partial charge in [0, 0.05) is 50.2 Å². The maximum absolute atomic E-state index is 12.9. The zero-order valence-electron chi connectivity index (χ0n) is 17.1. The van der Waals surface area contributed by atoms with Crippen molar-refractivity contribution in [2.75, 3.05) is 26.2 Å². The molecule has 1 aliphatic rings. The fourth-order valence-electron chi connectivity index (χ4n) is 3.89. The van der Waals surface area contributed by atoms with Crippen LogP contribution < -0.4 is 0 Å². The second-order valence-corrected chi connectivity index (χ2v) is 7.55. The van der Waals surface area contributed by atoms with Crippen LogP contribution in [0.25, 0.3) is 5.69 Å². The Hall–Kier alpha value is -2.99. The summed E-state index contributed by atoms with van der Waals surface area (Å²) in [7, 11) is 0. The maximum Gasteiger partial charge on any atom is 0.227 e. The normalized spacial score (nSPS) is 14.9. The van der Waals surface area contributed by atoms with Gasteiger partial charge >= 0.3 is 0 Å². The lowest BCUT2D eigenvalue weighted by Gasteiger charge is -2.34. The monoisotopic (exact) mass is 389 g/mol. The molecule has 29 heavy (non-hydrogen) atoms. The minimum Gasteiger partial charge on any atom is -0.340 e. The second kappa shape index (κ2) is 8.57. The molecule has 0 aliphatic carbocycles. The van der Waals surface area contributed by atoms with Gasteiger partial charge in [-0.05, 0) is 38.1 Å². The Balaban J connectivity index is 1.37. The van der Waals surface area contributed by atoms with Crippen molar-refractivity contribution >= 4 is 5.91 Å². The molecule has 6 nitrogen and oxygen atoms in total. The van der Waals surface area contributed by atoms with Gasteiger partial charge in [-0.2, -0.15) is 5.10 Å². The van der Waals surface area contributed by atoms with Crippen LogP contribution in [0.3, 0.4) is 0 Å². The van der Waals surface area contributed by atoms with Gasteiger partial charge in [-0.3, -0.25) is 14.7 Å². The summed E-state index contributed by atoms with van der Waals surface area (Å²) in [4.78, 5) is 21.7. The van der Waals surface area contributed by atoms with Gasteiger partial charge in [-0.15, -0.1) is 0 Å². The summed E-state index contributed by atoms with van der Waals surface area (Å²) in [5.41, 5.74) is 5.10. The van der Waals surface area contributed by atoms with Crippen molar-refractivity contribution in [3.05, 3.63) is 77.4 Å². The first-order valence-electron chi connectivity index (χ1n) is 10.1. The van der Waals surface area contributed by atoms with Gasteiger partial charge in [0.15, 0.2) is 0 Å². The number of rotatable bonds is 5.